The number of carbonyl (C=O) groups excluding carboxylic acids is 2. The first-order chi connectivity index (χ1) is 12.8. The van der Waals surface area contributed by atoms with Crippen LogP contribution in [0.3, 0.4) is 0 Å². The summed E-state index contributed by atoms with van der Waals surface area (Å²) in [7, 11) is 0. The predicted octanol–water partition coefficient (Wildman–Crippen LogP) is 1.96. The molecule has 1 saturated heterocycles. The Morgan fingerprint density at radius 1 is 1.29 bits per heavy atom. The molecule has 0 saturated carbocycles. The molecule has 1 aromatic rings. The van der Waals surface area contributed by atoms with Gasteiger partial charge in [0.05, 0.1) is 0 Å². The smallest absolute Gasteiger partial charge is 0.226 e. The van der Waals surface area contributed by atoms with Gasteiger partial charge in [0.1, 0.15) is 0 Å². The van der Waals surface area contributed by atoms with Gasteiger partial charge in [-0.1, -0.05) is 25.9 Å². The van der Waals surface area contributed by atoms with Gasteiger partial charge in [-0.15, -0.1) is 12.4 Å². The van der Waals surface area contributed by atoms with Crippen LogP contribution in [0.15, 0.2) is 4.52 Å². The highest BCUT2D eigenvalue weighted by Crippen LogP contribution is 2.20. The molecule has 0 aliphatic carbocycles. The largest absolute Gasteiger partial charge is 0.354 e. The topological polar surface area (TPSA) is 114 Å². The lowest BCUT2D eigenvalue weighted by Gasteiger charge is -2.36. The van der Waals surface area contributed by atoms with Crippen molar-refractivity contribution in [2.24, 2.45) is 5.73 Å². The SMILES string of the molecule is CC(C)(C)c1noc(CCCC(=O)N2CCCCC2CNC(=O)CCN)n1.Cl. The summed E-state index contributed by atoms with van der Waals surface area (Å²) in [5.41, 5.74) is 5.25. The molecule has 28 heavy (non-hydrogen) atoms. The number of aromatic nitrogens is 2. The number of nitrogens with zero attached hydrogens (tertiary/aromatic N) is 3. The molecule has 1 fully saturated rings. The quantitative estimate of drug-likeness (QED) is 0.670. The zero-order valence-electron chi connectivity index (χ0n) is 17.2. The lowest BCUT2D eigenvalue weighted by atomic mass is 9.96. The van der Waals surface area contributed by atoms with Gasteiger partial charge in [-0.3, -0.25) is 9.59 Å². The number of piperidine rings is 1. The maximum absolute atomic E-state index is 12.7. The zero-order chi connectivity index (χ0) is 19.9. The van der Waals surface area contributed by atoms with Crippen molar-refractivity contribution < 1.29 is 14.1 Å². The van der Waals surface area contributed by atoms with Crippen LogP contribution in [-0.2, 0) is 21.4 Å². The Morgan fingerprint density at radius 2 is 2.04 bits per heavy atom. The Kier molecular flexibility index (Phi) is 9.89. The summed E-state index contributed by atoms with van der Waals surface area (Å²) in [5.74, 6) is 1.34. The van der Waals surface area contributed by atoms with Crippen LogP contribution in [0.25, 0.3) is 0 Å². The van der Waals surface area contributed by atoms with E-state index in [9.17, 15) is 9.59 Å². The molecular weight excluding hydrogens is 382 g/mol. The summed E-state index contributed by atoms with van der Waals surface area (Å²) in [6, 6.07) is 0.0730. The third-order valence-electron chi connectivity index (χ3n) is 4.77. The third-order valence-corrected chi connectivity index (χ3v) is 4.77. The van der Waals surface area contributed by atoms with E-state index in [0.29, 0.717) is 50.5 Å². The van der Waals surface area contributed by atoms with E-state index in [4.69, 9.17) is 10.3 Å². The van der Waals surface area contributed by atoms with E-state index in [2.05, 4.69) is 15.5 Å². The molecule has 0 bridgehead atoms. The summed E-state index contributed by atoms with van der Waals surface area (Å²) < 4.78 is 5.28. The van der Waals surface area contributed by atoms with Gasteiger partial charge >= 0.3 is 0 Å². The molecule has 1 aliphatic heterocycles. The van der Waals surface area contributed by atoms with Crippen LogP contribution in [0.4, 0.5) is 0 Å². The van der Waals surface area contributed by atoms with E-state index >= 15 is 0 Å². The zero-order valence-corrected chi connectivity index (χ0v) is 18.0. The fraction of sp³-hybridized carbons (Fsp3) is 0.789. The van der Waals surface area contributed by atoms with Crippen LogP contribution in [0.2, 0.25) is 0 Å². The van der Waals surface area contributed by atoms with Gasteiger partial charge in [0, 0.05) is 50.4 Å². The molecule has 160 valence electrons. The van der Waals surface area contributed by atoms with Gasteiger partial charge in [0.15, 0.2) is 5.82 Å². The predicted molar refractivity (Wildman–Crippen MR) is 109 cm³/mol. The van der Waals surface area contributed by atoms with Crippen molar-refractivity contribution in [3.05, 3.63) is 11.7 Å². The minimum absolute atomic E-state index is 0. The Labute approximate surface area is 173 Å². The normalized spacial score (nSPS) is 17.1. The van der Waals surface area contributed by atoms with E-state index < -0.39 is 0 Å². The van der Waals surface area contributed by atoms with Crippen molar-refractivity contribution in [1.29, 1.82) is 0 Å². The molecule has 1 aliphatic rings. The van der Waals surface area contributed by atoms with Crippen molar-refractivity contribution in [3.63, 3.8) is 0 Å². The van der Waals surface area contributed by atoms with Crippen molar-refractivity contribution in [2.75, 3.05) is 19.6 Å². The summed E-state index contributed by atoms with van der Waals surface area (Å²) in [5, 5.41) is 6.90. The number of aryl methyl sites for hydroxylation is 1. The molecule has 1 atom stereocenters. The Hall–Kier alpha value is -1.67. The second-order valence-electron chi connectivity index (χ2n) is 8.19. The van der Waals surface area contributed by atoms with Crippen LogP contribution in [0.1, 0.15) is 71.0 Å². The average Bonchev–Trinajstić information content (AvgIpc) is 3.10. The Bertz CT molecular complexity index is 629. The monoisotopic (exact) mass is 415 g/mol. The fourth-order valence-electron chi connectivity index (χ4n) is 3.19. The van der Waals surface area contributed by atoms with E-state index in [0.717, 1.165) is 25.8 Å². The molecule has 3 N–H and O–H groups in total. The Morgan fingerprint density at radius 3 is 2.68 bits per heavy atom. The molecule has 0 spiro atoms. The molecule has 8 nitrogen and oxygen atoms in total. The first-order valence-corrected chi connectivity index (χ1v) is 9.90. The number of amides is 2. The highest BCUT2D eigenvalue weighted by molar-refractivity contribution is 5.85. The van der Waals surface area contributed by atoms with Crippen LogP contribution in [0.5, 0.6) is 0 Å². The lowest BCUT2D eigenvalue weighted by Crippen LogP contribution is -2.49. The fourth-order valence-corrected chi connectivity index (χ4v) is 3.19. The lowest BCUT2D eigenvalue weighted by molar-refractivity contribution is -0.135. The molecule has 1 aromatic heterocycles. The molecule has 2 rings (SSSR count). The standard InChI is InChI=1S/C19H33N5O3.ClH/c1-19(2,3)18-22-16(27-23-18)8-6-9-17(26)24-12-5-4-7-14(24)13-21-15(25)10-11-20;/h14H,4-13,20H2,1-3H3,(H,21,25);1H. The molecule has 0 radical (unpaired) electrons. The van der Waals surface area contributed by atoms with Gasteiger partial charge in [-0.05, 0) is 25.7 Å². The summed E-state index contributed by atoms with van der Waals surface area (Å²) >= 11 is 0. The molecule has 0 aromatic carbocycles. The molecule has 2 heterocycles. The van der Waals surface area contributed by atoms with Crippen molar-refractivity contribution in [2.45, 2.75) is 77.2 Å². The van der Waals surface area contributed by atoms with Crippen LogP contribution in [-0.4, -0.2) is 52.5 Å². The molecular formula is C19H34ClN5O3. The number of nitrogens with one attached hydrogen (secondary N) is 1. The number of hydrogen-bond donors (Lipinski definition) is 2. The average molecular weight is 416 g/mol. The first kappa shape index (κ1) is 24.4. The van der Waals surface area contributed by atoms with Crippen LogP contribution < -0.4 is 11.1 Å². The molecule has 2 amide bonds. The highest BCUT2D eigenvalue weighted by atomic mass is 35.5. The number of nitrogens with two attached hydrogens (primary N) is 1. The van der Waals surface area contributed by atoms with Gasteiger partial charge < -0.3 is 20.5 Å². The number of carbonyl (C=O) groups is 2. The molecule has 1 unspecified atom stereocenters. The van der Waals surface area contributed by atoms with E-state index in [1.807, 2.05) is 25.7 Å². The van der Waals surface area contributed by atoms with Gasteiger partial charge in [0.2, 0.25) is 17.7 Å². The second kappa shape index (κ2) is 11.4. The van der Waals surface area contributed by atoms with Crippen molar-refractivity contribution in [3.8, 4) is 0 Å². The van der Waals surface area contributed by atoms with E-state index in [1.165, 1.54) is 0 Å². The molecule has 9 heteroatoms. The maximum Gasteiger partial charge on any atom is 0.226 e. The van der Waals surface area contributed by atoms with E-state index in [1.54, 1.807) is 0 Å². The minimum atomic E-state index is -0.146. The highest BCUT2D eigenvalue weighted by Gasteiger charge is 2.27. The van der Waals surface area contributed by atoms with Crippen molar-refractivity contribution >= 4 is 24.2 Å². The van der Waals surface area contributed by atoms with Crippen LogP contribution in [0, 0.1) is 0 Å². The number of halogens is 1. The van der Waals surface area contributed by atoms with E-state index in [-0.39, 0.29) is 35.7 Å². The van der Waals surface area contributed by atoms with Gasteiger partial charge in [-0.25, -0.2) is 0 Å². The third kappa shape index (κ3) is 7.39. The number of hydrogen-bond acceptors (Lipinski definition) is 6. The maximum atomic E-state index is 12.7. The van der Waals surface area contributed by atoms with Gasteiger partial charge in [0.25, 0.3) is 0 Å². The summed E-state index contributed by atoms with van der Waals surface area (Å²) in [4.78, 5) is 30.6. The number of likely N-dealkylation sites (tertiary alicyclic amines) is 1. The van der Waals surface area contributed by atoms with Crippen molar-refractivity contribution in [1.82, 2.24) is 20.4 Å². The summed E-state index contributed by atoms with van der Waals surface area (Å²) in [6.45, 7) is 7.70. The number of rotatable bonds is 8. The van der Waals surface area contributed by atoms with Crippen LogP contribution >= 0.6 is 12.4 Å². The van der Waals surface area contributed by atoms with Gasteiger partial charge in [-0.2, -0.15) is 4.98 Å². The Balaban J connectivity index is 0.00000392. The first-order valence-electron chi connectivity index (χ1n) is 9.90. The second-order valence-corrected chi connectivity index (χ2v) is 8.19. The minimum Gasteiger partial charge on any atom is -0.354 e. The summed E-state index contributed by atoms with van der Waals surface area (Å²) in [6.07, 6.45) is 5.05.